The number of carbonyl (C=O) groups is 2. The van der Waals surface area contributed by atoms with E-state index in [0.717, 1.165) is 0 Å². The van der Waals surface area contributed by atoms with E-state index in [9.17, 15) is 14.0 Å². The van der Waals surface area contributed by atoms with Crippen LogP contribution in [-0.4, -0.2) is 66.2 Å². The molecule has 1 saturated heterocycles. The number of carboxylic acids is 1. The lowest BCUT2D eigenvalue weighted by atomic mass is 10.0. The molecule has 2 atom stereocenters. The molecule has 1 N–H and O–H groups in total. The zero-order valence-electron chi connectivity index (χ0n) is 13.2. The highest BCUT2D eigenvalue weighted by molar-refractivity contribution is 5.87. The van der Waals surface area contributed by atoms with Gasteiger partial charge in [-0.25, -0.2) is 9.18 Å². The molecule has 23 heavy (non-hydrogen) atoms. The second-order valence-electron chi connectivity index (χ2n) is 5.57. The minimum absolute atomic E-state index is 0.368. The average Bonchev–Trinajstić information content (AvgIpc) is 2.54. The van der Waals surface area contributed by atoms with Gasteiger partial charge >= 0.3 is 5.97 Å². The number of hydrogen-bond donors (Lipinski definition) is 1. The molecule has 1 fully saturated rings. The van der Waals surface area contributed by atoms with Gasteiger partial charge in [-0.1, -0.05) is 12.1 Å². The number of aliphatic carboxylic acids is 1. The molecule has 0 aromatic heterocycles. The van der Waals surface area contributed by atoms with E-state index in [2.05, 4.69) is 0 Å². The van der Waals surface area contributed by atoms with Crippen LogP contribution in [0.5, 0.6) is 0 Å². The van der Waals surface area contributed by atoms with Crippen molar-refractivity contribution in [1.82, 2.24) is 9.80 Å². The van der Waals surface area contributed by atoms with Gasteiger partial charge in [-0.3, -0.25) is 9.69 Å². The minimum Gasteiger partial charge on any atom is -0.480 e. The second kappa shape index (κ2) is 7.52. The molecular formula is C16H21FN2O4. The monoisotopic (exact) mass is 324 g/mol. The molecule has 1 amide bonds. The second-order valence-corrected chi connectivity index (χ2v) is 5.57. The van der Waals surface area contributed by atoms with E-state index < -0.39 is 23.9 Å². The normalized spacial score (nSPS) is 18.2. The quantitative estimate of drug-likeness (QED) is 0.879. The van der Waals surface area contributed by atoms with Crippen LogP contribution in [0.3, 0.4) is 0 Å². The van der Waals surface area contributed by atoms with Gasteiger partial charge in [0.25, 0.3) is 0 Å². The Balaban J connectivity index is 2.32. The average molecular weight is 324 g/mol. The molecule has 0 radical (unpaired) electrons. The maximum absolute atomic E-state index is 13.6. The summed E-state index contributed by atoms with van der Waals surface area (Å²) < 4.78 is 18.9. The summed E-state index contributed by atoms with van der Waals surface area (Å²) in [5, 5.41) is 9.12. The third-order valence-electron chi connectivity index (χ3n) is 4.10. The smallest absolute Gasteiger partial charge is 0.326 e. The van der Waals surface area contributed by atoms with Crippen molar-refractivity contribution in [2.24, 2.45) is 0 Å². The molecule has 0 bridgehead atoms. The van der Waals surface area contributed by atoms with Crippen molar-refractivity contribution in [3.63, 3.8) is 0 Å². The van der Waals surface area contributed by atoms with E-state index in [-0.39, 0.29) is 5.91 Å². The summed E-state index contributed by atoms with van der Waals surface area (Å²) in [4.78, 5) is 27.1. The number of amides is 1. The lowest BCUT2D eigenvalue weighted by Gasteiger charge is -2.36. The number of halogens is 1. The molecule has 7 heteroatoms. The van der Waals surface area contributed by atoms with Gasteiger partial charge in [-0.2, -0.15) is 0 Å². The Bertz CT molecular complexity index is 575. The number of carbonyl (C=O) groups excluding carboxylic acids is 1. The maximum atomic E-state index is 13.6. The van der Waals surface area contributed by atoms with Crippen LogP contribution >= 0.6 is 0 Å². The maximum Gasteiger partial charge on any atom is 0.326 e. The third kappa shape index (κ3) is 4.05. The van der Waals surface area contributed by atoms with Crippen LogP contribution in [0.25, 0.3) is 0 Å². The van der Waals surface area contributed by atoms with Gasteiger partial charge in [0.2, 0.25) is 5.91 Å². The van der Waals surface area contributed by atoms with Crippen LogP contribution in [0.1, 0.15) is 18.5 Å². The SMILES string of the molecule is C[C@H](C(=O)O)N(C)C(=O)[C@@H](c1cccc(F)c1)N1CCOCC1. The molecule has 1 aromatic rings. The van der Waals surface area contributed by atoms with Crippen molar-refractivity contribution >= 4 is 11.9 Å². The Hall–Kier alpha value is -1.99. The highest BCUT2D eigenvalue weighted by Crippen LogP contribution is 2.25. The fourth-order valence-corrected chi connectivity index (χ4v) is 2.57. The first kappa shape index (κ1) is 17.4. The first-order valence-corrected chi connectivity index (χ1v) is 7.48. The van der Waals surface area contributed by atoms with Gasteiger partial charge < -0.3 is 14.7 Å². The highest BCUT2D eigenvalue weighted by Gasteiger charge is 2.34. The van der Waals surface area contributed by atoms with Crippen LogP contribution in [0.15, 0.2) is 24.3 Å². The van der Waals surface area contributed by atoms with Crippen LogP contribution in [0.2, 0.25) is 0 Å². The van der Waals surface area contributed by atoms with E-state index in [1.54, 1.807) is 12.1 Å². The summed E-state index contributed by atoms with van der Waals surface area (Å²) in [7, 11) is 1.45. The molecule has 0 saturated carbocycles. The van der Waals surface area contributed by atoms with Crippen molar-refractivity contribution in [3.8, 4) is 0 Å². The van der Waals surface area contributed by atoms with Crippen molar-refractivity contribution in [3.05, 3.63) is 35.6 Å². The van der Waals surface area contributed by atoms with Crippen molar-refractivity contribution in [2.75, 3.05) is 33.4 Å². The molecule has 1 aromatic carbocycles. The van der Waals surface area contributed by atoms with Crippen LogP contribution in [0.4, 0.5) is 4.39 Å². The number of likely N-dealkylation sites (N-methyl/N-ethyl adjacent to an activating group) is 1. The Kier molecular flexibility index (Phi) is 5.68. The van der Waals surface area contributed by atoms with Gasteiger partial charge in [0, 0.05) is 20.1 Å². The lowest BCUT2D eigenvalue weighted by molar-refractivity contribution is -0.151. The molecular weight excluding hydrogens is 303 g/mol. The van der Waals surface area contributed by atoms with E-state index in [1.807, 2.05) is 4.90 Å². The minimum atomic E-state index is -1.08. The lowest BCUT2D eigenvalue weighted by Crippen LogP contribution is -2.49. The Labute approximate surface area is 134 Å². The molecule has 0 aliphatic carbocycles. The van der Waals surface area contributed by atoms with Crippen LogP contribution in [-0.2, 0) is 14.3 Å². The molecule has 6 nitrogen and oxygen atoms in total. The third-order valence-corrected chi connectivity index (χ3v) is 4.10. The zero-order chi connectivity index (χ0) is 17.0. The summed E-state index contributed by atoms with van der Waals surface area (Å²) in [5.41, 5.74) is 0.515. The van der Waals surface area contributed by atoms with Gasteiger partial charge in [0.05, 0.1) is 13.2 Å². The molecule has 1 heterocycles. The fraction of sp³-hybridized carbons (Fsp3) is 0.500. The zero-order valence-corrected chi connectivity index (χ0v) is 13.2. The van der Waals surface area contributed by atoms with Gasteiger partial charge in [-0.05, 0) is 24.6 Å². The largest absolute Gasteiger partial charge is 0.480 e. The van der Waals surface area contributed by atoms with Crippen LogP contribution < -0.4 is 0 Å². The van der Waals surface area contributed by atoms with Gasteiger partial charge in [-0.15, -0.1) is 0 Å². The summed E-state index contributed by atoms with van der Waals surface area (Å²) in [6.07, 6.45) is 0. The van der Waals surface area contributed by atoms with E-state index in [1.165, 1.54) is 31.0 Å². The molecule has 2 rings (SSSR count). The Morgan fingerprint density at radius 1 is 1.35 bits per heavy atom. The molecule has 126 valence electrons. The Morgan fingerprint density at radius 3 is 2.57 bits per heavy atom. The molecule has 1 aliphatic rings. The number of carboxylic acid groups (broad SMARTS) is 1. The first-order valence-electron chi connectivity index (χ1n) is 7.48. The van der Waals surface area contributed by atoms with Crippen LogP contribution in [0, 0.1) is 5.82 Å². The predicted octanol–water partition coefficient (Wildman–Crippen LogP) is 1.13. The van der Waals surface area contributed by atoms with Crippen molar-refractivity contribution in [1.29, 1.82) is 0 Å². The standard InChI is InChI=1S/C16H21FN2O4/c1-11(16(21)22)18(2)15(20)14(19-6-8-23-9-7-19)12-4-3-5-13(17)10-12/h3-5,10-11,14H,6-9H2,1-2H3,(H,21,22)/t11-,14-/m1/s1. The van der Waals surface area contributed by atoms with Crippen molar-refractivity contribution in [2.45, 2.75) is 19.0 Å². The number of nitrogens with zero attached hydrogens (tertiary/aromatic N) is 2. The van der Waals surface area contributed by atoms with Crippen molar-refractivity contribution < 1.29 is 23.8 Å². The van der Waals surface area contributed by atoms with Gasteiger partial charge in [0.15, 0.2) is 0 Å². The topological polar surface area (TPSA) is 70.1 Å². The number of hydrogen-bond acceptors (Lipinski definition) is 4. The summed E-state index contributed by atoms with van der Waals surface area (Å²) in [6.45, 7) is 3.47. The predicted molar refractivity (Wildman–Crippen MR) is 81.4 cm³/mol. The van der Waals surface area contributed by atoms with E-state index >= 15 is 0 Å². The summed E-state index contributed by atoms with van der Waals surface area (Å²) in [6, 6.07) is 4.18. The Morgan fingerprint density at radius 2 is 2.00 bits per heavy atom. The summed E-state index contributed by atoms with van der Waals surface area (Å²) in [5.74, 6) is -1.88. The first-order chi connectivity index (χ1) is 10.9. The number of morpholine rings is 1. The molecule has 0 spiro atoms. The van der Waals surface area contributed by atoms with E-state index in [4.69, 9.17) is 9.84 Å². The van der Waals surface area contributed by atoms with Gasteiger partial charge in [0.1, 0.15) is 17.9 Å². The number of ether oxygens (including phenoxy) is 1. The molecule has 1 aliphatic heterocycles. The molecule has 0 unspecified atom stereocenters. The highest BCUT2D eigenvalue weighted by atomic mass is 19.1. The van der Waals surface area contributed by atoms with E-state index in [0.29, 0.717) is 31.9 Å². The fourth-order valence-electron chi connectivity index (χ4n) is 2.57. The number of benzene rings is 1. The summed E-state index contributed by atoms with van der Waals surface area (Å²) >= 11 is 0. The number of rotatable bonds is 5.